The molecule has 108 valence electrons. The number of ether oxygens (including phenoxy) is 1. The van der Waals surface area contributed by atoms with Gasteiger partial charge >= 0.3 is 0 Å². The van der Waals surface area contributed by atoms with Crippen LogP contribution in [0, 0.1) is 11.3 Å². The minimum absolute atomic E-state index is 0.0396. The summed E-state index contributed by atoms with van der Waals surface area (Å²) in [5, 5.41) is 8.79. The van der Waals surface area contributed by atoms with Crippen LogP contribution in [0.5, 0.6) is 0 Å². The lowest BCUT2D eigenvalue weighted by Crippen LogP contribution is -2.48. The number of benzene rings is 1. The van der Waals surface area contributed by atoms with Crippen molar-refractivity contribution in [3.8, 4) is 6.07 Å². The second kappa shape index (κ2) is 5.40. The topological polar surface area (TPSA) is 96.4 Å². The van der Waals surface area contributed by atoms with Gasteiger partial charge in [-0.2, -0.15) is 9.57 Å². The summed E-state index contributed by atoms with van der Waals surface area (Å²) in [6.45, 7) is 4.26. The van der Waals surface area contributed by atoms with E-state index in [4.69, 9.17) is 15.7 Å². The second-order valence-corrected chi connectivity index (χ2v) is 6.85. The van der Waals surface area contributed by atoms with Gasteiger partial charge in [-0.25, -0.2) is 8.42 Å². The van der Waals surface area contributed by atoms with Gasteiger partial charge in [0.15, 0.2) is 0 Å². The fourth-order valence-corrected chi connectivity index (χ4v) is 4.01. The first kappa shape index (κ1) is 14.8. The molecule has 0 saturated carbocycles. The Hall–Kier alpha value is -1.62. The zero-order chi connectivity index (χ0) is 14.9. The van der Waals surface area contributed by atoms with Crippen molar-refractivity contribution in [2.45, 2.75) is 31.0 Å². The van der Waals surface area contributed by atoms with E-state index in [-0.39, 0.29) is 22.8 Å². The van der Waals surface area contributed by atoms with Gasteiger partial charge in [-0.1, -0.05) is 0 Å². The summed E-state index contributed by atoms with van der Waals surface area (Å²) in [5.41, 5.74) is 6.20. The van der Waals surface area contributed by atoms with Gasteiger partial charge in [0.25, 0.3) is 0 Å². The maximum Gasteiger partial charge on any atom is 0.245 e. The van der Waals surface area contributed by atoms with Crippen LogP contribution < -0.4 is 5.73 Å². The average Bonchev–Trinajstić information content (AvgIpc) is 2.37. The highest BCUT2D eigenvalue weighted by atomic mass is 32.2. The summed E-state index contributed by atoms with van der Waals surface area (Å²) in [4.78, 5) is 0.0396. The van der Waals surface area contributed by atoms with Crippen LogP contribution in [0.15, 0.2) is 23.1 Å². The molecule has 1 aliphatic rings. The van der Waals surface area contributed by atoms with Crippen LogP contribution in [-0.4, -0.2) is 38.0 Å². The van der Waals surface area contributed by atoms with E-state index in [0.717, 1.165) is 0 Å². The molecule has 6 nitrogen and oxygen atoms in total. The molecule has 1 aromatic carbocycles. The normalized spacial score (nSPS) is 24.2. The van der Waals surface area contributed by atoms with Gasteiger partial charge in [-0.15, -0.1) is 0 Å². The molecule has 1 fully saturated rings. The van der Waals surface area contributed by atoms with Crippen LogP contribution in [0.2, 0.25) is 0 Å². The Bertz CT molecular complexity index is 641. The van der Waals surface area contributed by atoms with E-state index in [1.54, 1.807) is 0 Å². The number of rotatable bonds is 2. The largest absolute Gasteiger partial charge is 0.398 e. The fourth-order valence-electron chi connectivity index (χ4n) is 2.32. The third-order valence-electron chi connectivity index (χ3n) is 3.14. The maximum atomic E-state index is 12.6. The number of nitrogens with two attached hydrogens (primary N) is 1. The Morgan fingerprint density at radius 2 is 1.95 bits per heavy atom. The van der Waals surface area contributed by atoms with E-state index in [2.05, 4.69) is 0 Å². The molecular weight excluding hydrogens is 278 g/mol. The van der Waals surface area contributed by atoms with Crippen molar-refractivity contribution in [3.63, 3.8) is 0 Å². The number of nitriles is 1. The first-order valence-corrected chi connectivity index (χ1v) is 7.74. The molecule has 0 bridgehead atoms. The number of morpholine rings is 1. The minimum atomic E-state index is -3.66. The molecule has 0 radical (unpaired) electrons. The first-order valence-electron chi connectivity index (χ1n) is 6.30. The smallest absolute Gasteiger partial charge is 0.245 e. The van der Waals surface area contributed by atoms with Gasteiger partial charge in [-0.05, 0) is 32.0 Å². The summed E-state index contributed by atoms with van der Waals surface area (Å²) in [6, 6.07) is 6.14. The lowest BCUT2D eigenvalue weighted by molar-refractivity contribution is -0.0440. The average molecular weight is 295 g/mol. The van der Waals surface area contributed by atoms with Gasteiger partial charge in [0.05, 0.1) is 29.5 Å². The van der Waals surface area contributed by atoms with Crippen LogP contribution in [-0.2, 0) is 14.8 Å². The Balaban J connectivity index is 2.38. The van der Waals surface area contributed by atoms with E-state index >= 15 is 0 Å². The van der Waals surface area contributed by atoms with Gasteiger partial charge in [-0.3, -0.25) is 0 Å². The highest BCUT2D eigenvalue weighted by Gasteiger charge is 2.33. The van der Waals surface area contributed by atoms with Crippen molar-refractivity contribution in [2.24, 2.45) is 0 Å². The molecule has 1 aromatic rings. The maximum absolute atomic E-state index is 12.6. The van der Waals surface area contributed by atoms with Crippen LogP contribution in [0.4, 0.5) is 5.69 Å². The molecule has 2 rings (SSSR count). The van der Waals surface area contributed by atoms with Crippen molar-refractivity contribution in [2.75, 3.05) is 18.8 Å². The van der Waals surface area contributed by atoms with Gasteiger partial charge in [0.2, 0.25) is 10.0 Å². The molecule has 0 amide bonds. The summed E-state index contributed by atoms with van der Waals surface area (Å²) in [7, 11) is -3.66. The van der Waals surface area contributed by atoms with Crippen LogP contribution in [0.3, 0.4) is 0 Å². The number of anilines is 1. The molecule has 7 heteroatoms. The predicted octanol–water partition coefficient (Wildman–Crippen LogP) is 0.938. The molecule has 1 heterocycles. The van der Waals surface area contributed by atoms with Crippen molar-refractivity contribution >= 4 is 15.7 Å². The number of nitrogen functional groups attached to an aromatic ring is 1. The molecule has 2 unspecified atom stereocenters. The highest BCUT2D eigenvalue weighted by Crippen LogP contribution is 2.26. The number of nitrogens with zero attached hydrogens (tertiary/aromatic N) is 2. The third kappa shape index (κ3) is 2.77. The second-order valence-electron chi connectivity index (χ2n) is 4.94. The summed E-state index contributed by atoms with van der Waals surface area (Å²) < 4.78 is 32.1. The predicted molar refractivity (Wildman–Crippen MR) is 74.3 cm³/mol. The molecule has 20 heavy (non-hydrogen) atoms. The van der Waals surface area contributed by atoms with Crippen LogP contribution in [0.25, 0.3) is 0 Å². The van der Waals surface area contributed by atoms with Crippen molar-refractivity contribution < 1.29 is 13.2 Å². The molecular formula is C13H17N3O3S. The van der Waals surface area contributed by atoms with E-state index in [1.165, 1.54) is 22.5 Å². The summed E-state index contributed by atoms with van der Waals surface area (Å²) in [5.74, 6) is 0. The van der Waals surface area contributed by atoms with Crippen molar-refractivity contribution in [3.05, 3.63) is 23.8 Å². The molecule has 1 saturated heterocycles. The highest BCUT2D eigenvalue weighted by molar-refractivity contribution is 7.89. The Labute approximate surface area is 118 Å². The van der Waals surface area contributed by atoms with Crippen molar-refractivity contribution in [1.29, 1.82) is 5.26 Å². The molecule has 2 N–H and O–H groups in total. The zero-order valence-electron chi connectivity index (χ0n) is 11.4. The molecule has 2 atom stereocenters. The standard InChI is InChI=1S/C13H17N3O3S/c1-9-7-16(8-10(2)19-9)20(17,18)13-4-3-11(6-14)5-12(13)15/h3-5,9-10H,7-8,15H2,1-2H3. The number of sulfonamides is 1. The number of hydrogen-bond acceptors (Lipinski definition) is 5. The Morgan fingerprint density at radius 1 is 1.35 bits per heavy atom. The Morgan fingerprint density at radius 3 is 2.45 bits per heavy atom. The fraction of sp³-hybridized carbons (Fsp3) is 0.462. The Kier molecular flexibility index (Phi) is 3.99. The minimum Gasteiger partial charge on any atom is -0.398 e. The number of hydrogen-bond donors (Lipinski definition) is 1. The van der Waals surface area contributed by atoms with Gasteiger partial charge in [0, 0.05) is 13.1 Å². The molecule has 0 spiro atoms. The molecule has 0 aromatic heterocycles. The SMILES string of the molecule is CC1CN(S(=O)(=O)c2ccc(C#N)cc2N)CC(C)O1. The quantitative estimate of drug-likeness (QED) is 0.819. The van der Waals surface area contributed by atoms with E-state index < -0.39 is 10.0 Å². The summed E-state index contributed by atoms with van der Waals surface area (Å²) in [6.07, 6.45) is -0.318. The summed E-state index contributed by atoms with van der Waals surface area (Å²) >= 11 is 0. The van der Waals surface area contributed by atoms with Crippen LogP contribution >= 0.6 is 0 Å². The third-order valence-corrected chi connectivity index (χ3v) is 5.05. The van der Waals surface area contributed by atoms with E-state index in [9.17, 15) is 8.42 Å². The van der Waals surface area contributed by atoms with Crippen molar-refractivity contribution in [1.82, 2.24) is 4.31 Å². The van der Waals surface area contributed by atoms with E-state index in [0.29, 0.717) is 18.7 Å². The lowest BCUT2D eigenvalue weighted by Gasteiger charge is -2.34. The van der Waals surface area contributed by atoms with E-state index in [1.807, 2.05) is 19.9 Å². The van der Waals surface area contributed by atoms with Gasteiger partial charge < -0.3 is 10.5 Å². The lowest BCUT2D eigenvalue weighted by atomic mass is 10.2. The molecule has 0 aliphatic carbocycles. The zero-order valence-corrected chi connectivity index (χ0v) is 12.2. The monoisotopic (exact) mass is 295 g/mol. The molecule has 1 aliphatic heterocycles. The van der Waals surface area contributed by atoms with Crippen LogP contribution in [0.1, 0.15) is 19.4 Å². The van der Waals surface area contributed by atoms with Gasteiger partial charge in [0.1, 0.15) is 4.90 Å². The first-order chi connectivity index (χ1) is 9.34.